The van der Waals surface area contributed by atoms with Crippen LogP contribution in [0.25, 0.3) is 0 Å². The van der Waals surface area contributed by atoms with E-state index in [4.69, 9.17) is 4.89 Å². The number of rotatable bonds is 1. The minimum absolute atomic E-state index is 0. The van der Waals surface area contributed by atoms with Gasteiger partial charge in [-0.2, -0.15) is 17.6 Å². The minimum Gasteiger partial charge on any atom is -0.346 e. The van der Waals surface area contributed by atoms with Crippen molar-refractivity contribution in [2.45, 2.75) is 13.8 Å². The van der Waals surface area contributed by atoms with Gasteiger partial charge in [-0.05, 0) is 0 Å². The summed E-state index contributed by atoms with van der Waals surface area (Å²) in [6.07, 6.45) is 1.42. The SMILES string of the molecule is CC=[C-][P+](=O)O.[CH2-]C.[Ti+2]. The van der Waals surface area contributed by atoms with E-state index in [9.17, 15) is 4.57 Å². The molecule has 0 aliphatic carbocycles. The number of hydrogen-bond donors (Lipinski definition) is 1. The third kappa shape index (κ3) is 29.3. The molecule has 0 aromatic carbocycles. The van der Waals surface area contributed by atoms with Crippen LogP contribution in [0.3, 0.4) is 0 Å². The first kappa shape index (κ1) is 16.3. The van der Waals surface area contributed by atoms with Crippen molar-refractivity contribution < 1.29 is 31.2 Å². The minimum atomic E-state index is -2.16. The van der Waals surface area contributed by atoms with E-state index in [2.05, 4.69) is 12.7 Å². The van der Waals surface area contributed by atoms with Gasteiger partial charge >= 0.3 is 29.7 Å². The normalized spacial score (nSPS) is 9.11. The molecule has 1 N–H and O–H groups in total. The van der Waals surface area contributed by atoms with Gasteiger partial charge in [-0.15, -0.1) is 0 Å². The van der Waals surface area contributed by atoms with E-state index in [-0.39, 0.29) is 21.7 Å². The maximum atomic E-state index is 9.61. The Morgan fingerprint density at radius 1 is 1.67 bits per heavy atom. The Morgan fingerprint density at radius 3 is 2.00 bits per heavy atom. The molecule has 0 radical (unpaired) electrons. The van der Waals surface area contributed by atoms with Crippen LogP contribution in [0.4, 0.5) is 0 Å². The van der Waals surface area contributed by atoms with E-state index in [0.717, 1.165) is 0 Å². The third-order valence-corrected chi connectivity index (χ3v) is 0.719. The van der Waals surface area contributed by atoms with Gasteiger partial charge in [-0.1, -0.05) is 11.5 Å². The zero-order valence-electron chi connectivity index (χ0n) is 5.59. The molecule has 9 heavy (non-hydrogen) atoms. The second kappa shape index (κ2) is 15.8. The van der Waals surface area contributed by atoms with E-state index in [1.54, 1.807) is 13.8 Å². The number of hydrogen-bond acceptors (Lipinski definition) is 1. The van der Waals surface area contributed by atoms with Gasteiger partial charge in [0, 0.05) is 0 Å². The summed E-state index contributed by atoms with van der Waals surface area (Å²) in [4.78, 5) is 7.92. The zero-order chi connectivity index (χ0) is 6.99. The van der Waals surface area contributed by atoms with E-state index < -0.39 is 8.03 Å². The molecule has 50 valence electrons. The number of allylic oxidation sites excluding steroid dienone is 1. The molecule has 0 saturated heterocycles. The fourth-order valence-electron chi connectivity index (χ4n) is 0.110. The monoisotopic (exact) mass is 181 g/mol. The van der Waals surface area contributed by atoms with Crippen LogP contribution in [0, 0.1) is 12.7 Å². The zero-order valence-corrected chi connectivity index (χ0v) is 8.04. The van der Waals surface area contributed by atoms with Gasteiger partial charge in [0.25, 0.3) is 0 Å². The van der Waals surface area contributed by atoms with Crippen LogP contribution >= 0.6 is 8.03 Å². The Balaban J connectivity index is -0.000000109. The summed E-state index contributed by atoms with van der Waals surface area (Å²) in [6.45, 7) is 6.64. The summed E-state index contributed by atoms with van der Waals surface area (Å²) in [5.74, 6) is 2.15. The maximum absolute atomic E-state index is 9.61. The van der Waals surface area contributed by atoms with Crippen LogP contribution in [0.5, 0.6) is 0 Å². The van der Waals surface area contributed by atoms with E-state index >= 15 is 0 Å². The summed E-state index contributed by atoms with van der Waals surface area (Å²) in [5, 5.41) is 0. The molecule has 2 nitrogen and oxygen atoms in total. The quantitative estimate of drug-likeness (QED) is 0.381. The van der Waals surface area contributed by atoms with Crippen LogP contribution in [-0.2, 0) is 26.3 Å². The maximum Gasteiger partial charge on any atom is 2.00 e. The summed E-state index contributed by atoms with van der Waals surface area (Å²) in [5.41, 5.74) is 0. The van der Waals surface area contributed by atoms with Crippen molar-refractivity contribution in [3.8, 4) is 0 Å². The molecule has 0 bridgehead atoms. The second-order valence-electron chi connectivity index (χ2n) is 0.691. The summed E-state index contributed by atoms with van der Waals surface area (Å²) in [6, 6.07) is 0. The summed E-state index contributed by atoms with van der Waals surface area (Å²) in [7, 11) is -2.16. The first-order chi connectivity index (χ1) is 3.77. The van der Waals surface area contributed by atoms with Gasteiger partial charge in [0.15, 0.2) is 0 Å². The van der Waals surface area contributed by atoms with Crippen LogP contribution in [0.15, 0.2) is 6.08 Å². The Bertz CT molecular complexity index is 83.0. The molecule has 0 aliphatic rings. The summed E-state index contributed by atoms with van der Waals surface area (Å²) >= 11 is 0. The summed E-state index contributed by atoms with van der Waals surface area (Å²) < 4.78 is 9.61. The topological polar surface area (TPSA) is 37.3 Å². The molecule has 0 fully saturated rings. The Hall–Kier alpha value is 0.514. The average Bonchev–Trinajstić information content (AvgIpc) is 1.72. The molecular formula is C5H10O2PTi+. The Labute approximate surface area is 72.1 Å². The predicted octanol–water partition coefficient (Wildman–Crippen LogP) is 1.90. The van der Waals surface area contributed by atoms with Gasteiger partial charge in [0.2, 0.25) is 0 Å². The van der Waals surface area contributed by atoms with Crippen LogP contribution < -0.4 is 0 Å². The van der Waals surface area contributed by atoms with Crippen molar-refractivity contribution in [2.24, 2.45) is 0 Å². The van der Waals surface area contributed by atoms with Crippen LogP contribution in [0.1, 0.15) is 13.8 Å². The fraction of sp³-hybridized carbons (Fsp3) is 0.400. The first-order valence-corrected chi connectivity index (χ1v) is 3.39. The van der Waals surface area contributed by atoms with Crippen molar-refractivity contribution in [1.29, 1.82) is 0 Å². The molecule has 0 aromatic heterocycles. The van der Waals surface area contributed by atoms with E-state index in [1.165, 1.54) is 6.08 Å². The molecule has 0 saturated carbocycles. The smallest absolute Gasteiger partial charge is 0.346 e. The Morgan fingerprint density at radius 2 is 2.00 bits per heavy atom. The van der Waals surface area contributed by atoms with Crippen molar-refractivity contribution >= 4 is 8.03 Å². The van der Waals surface area contributed by atoms with Crippen molar-refractivity contribution in [3.05, 3.63) is 18.8 Å². The third-order valence-electron chi connectivity index (χ3n) is 0.240. The molecule has 0 aliphatic heterocycles. The van der Waals surface area contributed by atoms with Crippen molar-refractivity contribution in [3.63, 3.8) is 0 Å². The average molecular weight is 181 g/mol. The van der Waals surface area contributed by atoms with Gasteiger partial charge < -0.3 is 6.92 Å². The second-order valence-corrected chi connectivity index (χ2v) is 1.49. The molecule has 1 atom stereocenters. The van der Waals surface area contributed by atoms with Gasteiger partial charge in [0.05, 0.1) is 0 Å². The molecule has 0 spiro atoms. The Kier molecular flexibility index (Phi) is 28.6. The van der Waals surface area contributed by atoms with E-state index in [1.807, 2.05) is 0 Å². The molecule has 0 aromatic rings. The first-order valence-electron chi connectivity index (χ1n) is 2.18. The molecule has 0 rings (SSSR count). The van der Waals surface area contributed by atoms with Gasteiger partial charge in [0.1, 0.15) is 0 Å². The molecule has 0 amide bonds. The standard InChI is InChI=1S/C3H5O2P.C2H5.Ti/c1-2-3-6(4)5;1-2;/h2H,1H3,(H,4,5);1H2,2H3;/q;-1;+2. The molecular weight excluding hydrogens is 171 g/mol. The molecule has 1 unspecified atom stereocenters. The van der Waals surface area contributed by atoms with E-state index in [0.29, 0.717) is 0 Å². The van der Waals surface area contributed by atoms with Gasteiger partial charge in [-0.25, -0.2) is 6.08 Å². The molecule has 0 heterocycles. The van der Waals surface area contributed by atoms with Gasteiger partial charge in [-0.3, -0.25) is 0 Å². The fourth-order valence-corrected chi connectivity index (χ4v) is 0.331. The van der Waals surface area contributed by atoms with Crippen molar-refractivity contribution in [1.82, 2.24) is 0 Å². The molecule has 4 heteroatoms. The van der Waals surface area contributed by atoms with Crippen molar-refractivity contribution in [2.75, 3.05) is 0 Å². The van der Waals surface area contributed by atoms with Crippen LogP contribution in [0.2, 0.25) is 0 Å². The largest absolute Gasteiger partial charge is 2.00 e. The van der Waals surface area contributed by atoms with Crippen LogP contribution in [-0.4, -0.2) is 4.89 Å². The predicted molar refractivity (Wildman–Crippen MR) is 34.3 cm³/mol.